The number of aryl methyl sites for hydroxylation is 2. The molecule has 32 heavy (non-hydrogen) atoms. The summed E-state index contributed by atoms with van der Waals surface area (Å²) in [5.41, 5.74) is 3.91. The summed E-state index contributed by atoms with van der Waals surface area (Å²) in [7, 11) is 0. The van der Waals surface area contributed by atoms with Crippen molar-refractivity contribution in [3.05, 3.63) is 69.3 Å². The number of aromatic amines is 1. The SMILES string of the molecule is Cc1nc(C)c(C(=O)N2CC[C@@H](c3ccc4c(NCCc5ccccc5)n[nH]c4n3)C2)s1. The Morgan fingerprint density at radius 1 is 1.19 bits per heavy atom. The summed E-state index contributed by atoms with van der Waals surface area (Å²) in [6.45, 7) is 6.08. The van der Waals surface area contributed by atoms with Gasteiger partial charge in [-0.3, -0.25) is 9.89 Å². The topological polar surface area (TPSA) is 86.8 Å². The number of aromatic nitrogens is 4. The fraction of sp³-hybridized carbons (Fsp3) is 0.333. The third kappa shape index (κ3) is 4.10. The van der Waals surface area contributed by atoms with E-state index in [2.05, 4.69) is 56.9 Å². The number of carbonyl (C=O) groups is 1. The number of thiazole rings is 1. The predicted octanol–water partition coefficient (Wildman–Crippen LogP) is 4.32. The number of likely N-dealkylation sites (tertiary alicyclic amines) is 1. The zero-order valence-corrected chi connectivity index (χ0v) is 19.1. The van der Waals surface area contributed by atoms with Crippen molar-refractivity contribution in [2.75, 3.05) is 25.0 Å². The van der Waals surface area contributed by atoms with E-state index in [-0.39, 0.29) is 11.8 Å². The van der Waals surface area contributed by atoms with Crippen LogP contribution in [0.4, 0.5) is 5.82 Å². The molecule has 0 spiro atoms. The number of nitrogens with zero attached hydrogens (tertiary/aromatic N) is 4. The number of carbonyl (C=O) groups excluding carboxylic acids is 1. The van der Waals surface area contributed by atoms with Gasteiger partial charge in [-0.15, -0.1) is 11.3 Å². The van der Waals surface area contributed by atoms with E-state index in [0.717, 1.165) is 64.1 Å². The third-order valence-corrected chi connectivity index (χ3v) is 7.05. The van der Waals surface area contributed by atoms with E-state index in [1.807, 2.05) is 24.8 Å². The average Bonchev–Trinajstić information content (AvgIpc) is 3.52. The number of nitrogens with one attached hydrogen (secondary N) is 2. The van der Waals surface area contributed by atoms with Crippen LogP contribution >= 0.6 is 11.3 Å². The molecule has 2 N–H and O–H groups in total. The van der Waals surface area contributed by atoms with Gasteiger partial charge in [0.25, 0.3) is 5.91 Å². The van der Waals surface area contributed by atoms with Crippen LogP contribution in [0.1, 0.15) is 44.0 Å². The molecule has 4 aromatic rings. The second-order valence-electron chi connectivity index (χ2n) is 8.25. The van der Waals surface area contributed by atoms with E-state index in [1.165, 1.54) is 16.9 Å². The molecule has 7 nitrogen and oxygen atoms in total. The van der Waals surface area contributed by atoms with Gasteiger partial charge >= 0.3 is 0 Å². The lowest BCUT2D eigenvalue weighted by Crippen LogP contribution is -2.28. The van der Waals surface area contributed by atoms with Crippen molar-refractivity contribution in [1.82, 2.24) is 25.1 Å². The van der Waals surface area contributed by atoms with Crippen molar-refractivity contribution in [3.8, 4) is 0 Å². The quantitative estimate of drug-likeness (QED) is 0.461. The van der Waals surface area contributed by atoms with Gasteiger partial charge in [-0.2, -0.15) is 5.10 Å². The maximum atomic E-state index is 12.9. The number of hydrogen-bond acceptors (Lipinski definition) is 6. The summed E-state index contributed by atoms with van der Waals surface area (Å²) >= 11 is 1.48. The standard InChI is InChI=1S/C24H26N6OS/c1-15-21(32-16(2)26-15)24(31)30-13-11-18(14-30)20-9-8-19-22(28-29-23(19)27-20)25-12-10-17-6-4-3-5-7-17/h3-9,18H,10-14H2,1-2H3,(H2,25,27,28,29)/t18-/m1/s1. The van der Waals surface area contributed by atoms with Crippen molar-refractivity contribution < 1.29 is 4.79 Å². The van der Waals surface area contributed by atoms with Crippen LogP contribution in [-0.4, -0.2) is 50.6 Å². The van der Waals surface area contributed by atoms with Crippen molar-refractivity contribution in [2.45, 2.75) is 32.6 Å². The Morgan fingerprint density at radius 2 is 2.03 bits per heavy atom. The first-order chi connectivity index (χ1) is 15.6. The molecule has 1 saturated heterocycles. The molecule has 5 rings (SSSR count). The van der Waals surface area contributed by atoms with Crippen LogP contribution in [0.3, 0.4) is 0 Å². The fourth-order valence-electron chi connectivity index (χ4n) is 4.31. The predicted molar refractivity (Wildman–Crippen MR) is 127 cm³/mol. The summed E-state index contributed by atoms with van der Waals surface area (Å²) in [5.74, 6) is 1.15. The number of fused-ring (bicyclic) bond motifs is 1. The van der Waals surface area contributed by atoms with Crippen LogP contribution in [0, 0.1) is 13.8 Å². The summed E-state index contributed by atoms with van der Waals surface area (Å²) in [6.07, 6.45) is 1.85. The van der Waals surface area contributed by atoms with Crippen LogP contribution in [0.25, 0.3) is 11.0 Å². The Kier molecular flexibility index (Phi) is 5.61. The fourth-order valence-corrected chi connectivity index (χ4v) is 5.20. The number of rotatable bonds is 6. The number of amides is 1. The molecule has 0 radical (unpaired) electrons. The second kappa shape index (κ2) is 8.70. The Morgan fingerprint density at radius 3 is 2.81 bits per heavy atom. The molecular weight excluding hydrogens is 420 g/mol. The molecule has 1 aliphatic heterocycles. The van der Waals surface area contributed by atoms with Gasteiger partial charge < -0.3 is 10.2 Å². The van der Waals surface area contributed by atoms with E-state index in [0.29, 0.717) is 6.54 Å². The summed E-state index contributed by atoms with van der Waals surface area (Å²) in [6, 6.07) is 14.6. The maximum absolute atomic E-state index is 12.9. The lowest BCUT2D eigenvalue weighted by Gasteiger charge is -2.15. The van der Waals surface area contributed by atoms with Crippen LogP contribution in [-0.2, 0) is 6.42 Å². The van der Waals surface area contributed by atoms with Crippen molar-refractivity contribution >= 4 is 34.1 Å². The van der Waals surface area contributed by atoms with Gasteiger partial charge in [0.2, 0.25) is 0 Å². The van der Waals surface area contributed by atoms with E-state index < -0.39 is 0 Å². The largest absolute Gasteiger partial charge is 0.368 e. The number of anilines is 1. The molecule has 1 aliphatic rings. The summed E-state index contributed by atoms with van der Waals surface area (Å²) in [4.78, 5) is 24.8. The monoisotopic (exact) mass is 446 g/mol. The Bertz CT molecular complexity index is 1250. The molecule has 4 heterocycles. The number of hydrogen-bond donors (Lipinski definition) is 2. The molecule has 0 saturated carbocycles. The van der Waals surface area contributed by atoms with Gasteiger partial charge in [0.05, 0.1) is 16.1 Å². The minimum Gasteiger partial charge on any atom is -0.368 e. The minimum atomic E-state index is 0.0862. The molecule has 0 aliphatic carbocycles. The zero-order chi connectivity index (χ0) is 22.1. The maximum Gasteiger partial charge on any atom is 0.265 e. The van der Waals surface area contributed by atoms with Gasteiger partial charge in [-0.05, 0) is 44.4 Å². The van der Waals surface area contributed by atoms with Crippen molar-refractivity contribution in [3.63, 3.8) is 0 Å². The van der Waals surface area contributed by atoms with E-state index in [4.69, 9.17) is 4.98 Å². The Labute approximate surface area is 190 Å². The molecule has 1 fully saturated rings. The van der Waals surface area contributed by atoms with Gasteiger partial charge in [0.15, 0.2) is 11.5 Å². The van der Waals surface area contributed by atoms with Crippen LogP contribution in [0.5, 0.6) is 0 Å². The highest BCUT2D eigenvalue weighted by molar-refractivity contribution is 7.13. The van der Waals surface area contributed by atoms with Gasteiger partial charge in [-0.25, -0.2) is 9.97 Å². The lowest BCUT2D eigenvalue weighted by molar-refractivity contribution is 0.0794. The molecule has 1 aromatic carbocycles. The Balaban J connectivity index is 1.24. The van der Waals surface area contributed by atoms with Gasteiger partial charge in [-0.1, -0.05) is 30.3 Å². The molecular formula is C24H26N6OS. The van der Waals surface area contributed by atoms with E-state index in [9.17, 15) is 4.79 Å². The number of H-pyrrole nitrogens is 1. The lowest BCUT2D eigenvalue weighted by atomic mass is 10.0. The summed E-state index contributed by atoms with van der Waals surface area (Å²) < 4.78 is 0. The molecule has 164 valence electrons. The highest BCUT2D eigenvalue weighted by Gasteiger charge is 2.30. The molecule has 1 atom stereocenters. The smallest absolute Gasteiger partial charge is 0.265 e. The van der Waals surface area contributed by atoms with Gasteiger partial charge in [0, 0.05) is 31.2 Å². The normalized spacial score (nSPS) is 16.1. The Hall–Kier alpha value is -3.26. The van der Waals surface area contributed by atoms with Crippen LogP contribution in [0.2, 0.25) is 0 Å². The first-order valence-electron chi connectivity index (χ1n) is 10.9. The second-order valence-corrected chi connectivity index (χ2v) is 9.45. The zero-order valence-electron chi connectivity index (χ0n) is 18.3. The first-order valence-corrected chi connectivity index (χ1v) is 11.8. The molecule has 0 unspecified atom stereocenters. The number of benzene rings is 1. The van der Waals surface area contributed by atoms with Crippen molar-refractivity contribution in [2.24, 2.45) is 0 Å². The molecule has 1 amide bonds. The average molecular weight is 447 g/mol. The third-order valence-electron chi connectivity index (χ3n) is 5.99. The number of pyridine rings is 1. The van der Waals surface area contributed by atoms with E-state index in [1.54, 1.807) is 0 Å². The minimum absolute atomic E-state index is 0.0862. The highest BCUT2D eigenvalue weighted by Crippen LogP contribution is 2.30. The molecule has 8 heteroatoms. The van der Waals surface area contributed by atoms with Gasteiger partial charge in [0.1, 0.15) is 4.88 Å². The highest BCUT2D eigenvalue weighted by atomic mass is 32.1. The van der Waals surface area contributed by atoms with Crippen LogP contribution < -0.4 is 5.32 Å². The van der Waals surface area contributed by atoms with Crippen molar-refractivity contribution in [1.29, 1.82) is 0 Å². The summed E-state index contributed by atoms with van der Waals surface area (Å²) in [5, 5.41) is 12.8. The molecule has 3 aromatic heterocycles. The first kappa shape index (κ1) is 20.6. The van der Waals surface area contributed by atoms with E-state index >= 15 is 0 Å². The van der Waals surface area contributed by atoms with Crippen LogP contribution in [0.15, 0.2) is 42.5 Å². The molecule has 0 bridgehead atoms.